The van der Waals surface area contributed by atoms with Gasteiger partial charge in [-0.3, -0.25) is 4.79 Å². The number of piperidine rings is 1. The van der Waals surface area contributed by atoms with E-state index >= 15 is 0 Å². The van der Waals surface area contributed by atoms with Gasteiger partial charge in [0.25, 0.3) is 0 Å². The monoisotopic (exact) mass is 513 g/mol. The quantitative estimate of drug-likeness (QED) is 0.506. The second-order valence-electron chi connectivity index (χ2n) is 9.89. The average Bonchev–Trinajstić information content (AvgIpc) is 2.87. The van der Waals surface area contributed by atoms with Crippen LogP contribution in [-0.4, -0.2) is 54.7 Å². The molecule has 0 N–H and O–H groups in total. The molecule has 7 nitrogen and oxygen atoms in total. The first-order valence-corrected chi connectivity index (χ1v) is 12.8. The van der Waals surface area contributed by atoms with Crippen molar-refractivity contribution < 1.29 is 28.5 Å². The van der Waals surface area contributed by atoms with Gasteiger partial charge in [-0.25, -0.2) is 4.79 Å². The molecular formula is C28H32ClNO6. The molecule has 192 valence electrons. The third-order valence-corrected chi connectivity index (χ3v) is 8.27. The molecule has 2 fully saturated rings. The summed E-state index contributed by atoms with van der Waals surface area (Å²) in [7, 11) is 3.32. The smallest absolute Gasteiger partial charge is 0.411 e. The normalized spacial score (nSPS) is 27.5. The predicted molar refractivity (Wildman–Crippen MR) is 135 cm³/mol. The van der Waals surface area contributed by atoms with Crippen LogP contribution in [0.15, 0.2) is 42.5 Å². The Kier molecular flexibility index (Phi) is 6.64. The molecule has 1 saturated heterocycles. The van der Waals surface area contributed by atoms with Crippen molar-refractivity contribution in [1.29, 1.82) is 0 Å². The Morgan fingerprint density at radius 2 is 1.94 bits per heavy atom. The number of carbonyl (C=O) groups excluding carboxylic acids is 2. The van der Waals surface area contributed by atoms with Crippen molar-refractivity contribution in [2.75, 3.05) is 20.8 Å². The third kappa shape index (κ3) is 3.84. The van der Waals surface area contributed by atoms with Gasteiger partial charge in [-0.2, -0.15) is 0 Å². The minimum Gasteiger partial charge on any atom is -0.493 e. The van der Waals surface area contributed by atoms with Crippen molar-refractivity contribution in [3.63, 3.8) is 0 Å². The van der Waals surface area contributed by atoms with Crippen LogP contribution < -0.4 is 9.47 Å². The second kappa shape index (κ2) is 9.60. The topological polar surface area (TPSA) is 74.3 Å². The molecule has 1 amide bonds. The molecule has 0 radical (unpaired) electrons. The molecule has 1 unspecified atom stereocenters. The van der Waals surface area contributed by atoms with E-state index < -0.39 is 22.7 Å². The molecule has 1 heterocycles. The molecule has 1 aliphatic heterocycles. The number of benzene rings is 2. The highest BCUT2D eigenvalue weighted by Gasteiger charge is 2.67. The number of hydrogen-bond acceptors (Lipinski definition) is 6. The van der Waals surface area contributed by atoms with E-state index in [-0.39, 0.29) is 11.8 Å². The number of carbonyl (C=O) groups is 2. The molecule has 2 bridgehead atoms. The van der Waals surface area contributed by atoms with Crippen LogP contribution in [0.2, 0.25) is 0 Å². The highest BCUT2D eigenvalue weighted by molar-refractivity contribution is 6.19. The number of amides is 1. The van der Waals surface area contributed by atoms with E-state index in [0.717, 1.165) is 16.7 Å². The Hall–Kier alpha value is -2.77. The van der Waals surface area contributed by atoms with Crippen LogP contribution in [0.4, 0.5) is 4.79 Å². The number of methoxy groups -OCH3 is 2. The fraction of sp³-hybridized carbons (Fsp3) is 0.500. The molecule has 2 aromatic carbocycles. The van der Waals surface area contributed by atoms with Crippen molar-refractivity contribution in [2.45, 2.75) is 68.3 Å². The first kappa shape index (κ1) is 24.9. The second-order valence-corrected chi connectivity index (χ2v) is 10.5. The van der Waals surface area contributed by atoms with Crippen LogP contribution in [0.25, 0.3) is 0 Å². The molecule has 1 saturated carbocycles. The molecule has 0 aromatic heterocycles. The number of fused-ring (bicyclic) bond motifs is 1. The maximum atomic E-state index is 13.1. The van der Waals surface area contributed by atoms with Gasteiger partial charge in [-0.1, -0.05) is 48.0 Å². The zero-order valence-electron chi connectivity index (χ0n) is 20.9. The Morgan fingerprint density at radius 3 is 2.64 bits per heavy atom. The summed E-state index contributed by atoms with van der Waals surface area (Å²) in [6.45, 7) is 2.45. The van der Waals surface area contributed by atoms with Crippen LogP contribution in [0.1, 0.15) is 49.3 Å². The van der Waals surface area contributed by atoms with Crippen molar-refractivity contribution in [3.8, 4) is 11.5 Å². The number of rotatable bonds is 6. The van der Waals surface area contributed by atoms with Crippen LogP contribution in [0.5, 0.6) is 11.5 Å². The number of hydrogen-bond donors (Lipinski definition) is 0. The van der Waals surface area contributed by atoms with Crippen molar-refractivity contribution in [3.05, 3.63) is 59.2 Å². The zero-order valence-corrected chi connectivity index (χ0v) is 21.7. The number of nitrogens with zero attached hydrogens (tertiary/aromatic N) is 1. The molecule has 2 aliphatic carbocycles. The van der Waals surface area contributed by atoms with Gasteiger partial charge in [0.05, 0.1) is 18.8 Å². The first-order valence-electron chi connectivity index (χ1n) is 12.4. The predicted octanol–water partition coefficient (Wildman–Crippen LogP) is 5.00. The van der Waals surface area contributed by atoms with E-state index in [2.05, 4.69) is 0 Å². The zero-order chi connectivity index (χ0) is 25.5. The van der Waals surface area contributed by atoms with E-state index in [1.165, 1.54) is 0 Å². The number of ketones is 1. The molecule has 2 aromatic rings. The first-order chi connectivity index (χ1) is 17.3. The summed E-state index contributed by atoms with van der Waals surface area (Å²) in [6, 6.07) is 13.6. The molecular weight excluding hydrogens is 482 g/mol. The Bertz CT molecular complexity index is 1150. The van der Waals surface area contributed by atoms with Crippen molar-refractivity contribution >= 4 is 23.5 Å². The minimum absolute atomic E-state index is 0.192. The average molecular weight is 514 g/mol. The Morgan fingerprint density at radius 1 is 1.17 bits per heavy atom. The molecule has 3 aliphatic rings. The molecule has 5 rings (SSSR count). The van der Waals surface area contributed by atoms with Gasteiger partial charge in [0, 0.05) is 37.5 Å². The number of Topliss-reactive ketones (excluding diaryl/α,β-unsaturated/α-hetero) is 1. The summed E-state index contributed by atoms with van der Waals surface area (Å²) in [6.07, 6.45) is 1.90. The van der Waals surface area contributed by atoms with Crippen LogP contribution in [0.3, 0.4) is 0 Å². The summed E-state index contributed by atoms with van der Waals surface area (Å²) in [5, 5.41) is 0. The number of alkyl halides is 1. The maximum Gasteiger partial charge on any atom is 0.411 e. The summed E-state index contributed by atoms with van der Waals surface area (Å²) in [5.74, 6) is 1.47. The van der Waals surface area contributed by atoms with Crippen molar-refractivity contribution in [1.82, 2.24) is 4.90 Å². The van der Waals surface area contributed by atoms with E-state index in [9.17, 15) is 9.59 Å². The highest BCUT2D eigenvalue weighted by Crippen LogP contribution is 2.62. The molecule has 8 heteroatoms. The van der Waals surface area contributed by atoms with Crippen LogP contribution in [0, 0.1) is 0 Å². The Labute approximate surface area is 216 Å². The lowest BCUT2D eigenvalue weighted by Gasteiger charge is -2.64. The standard InChI is InChI=1S/C28H32ClNO6/c1-18(29)36-26(32)30-14-13-27-16-21(31)11-12-28(27,34-3)23(30)15-20-9-10-22(25(33-2)24(20)27)35-17-19-7-5-4-6-8-19/h4-10,18,23H,11-17H2,1-3H3/t18?,23-,27-,28+/m0/s1. The summed E-state index contributed by atoms with van der Waals surface area (Å²) in [5.41, 5.74) is 0.913. The van der Waals surface area contributed by atoms with E-state index in [1.54, 1.807) is 26.0 Å². The van der Waals surface area contributed by atoms with Gasteiger partial charge in [0.15, 0.2) is 17.1 Å². The fourth-order valence-corrected chi connectivity index (χ4v) is 6.84. The van der Waals surface area contributed by atoms with Gasteiger partial charge in [0.1, 0.15) is 12.4 Å². The summed E-state index contributed by atoms with van der Waals surface area (Å²) >= 11 is 5.99. The van der Waals surface area contributed by atoms with Crippen molar-refractivity contribution in [2.24, 2.45) is 0 Å². The maximum absolute atomic E-state index is 13.1. The van der Waals surface area contributed by atoms with E-state index in [4.69, 9.17) is 30.5 Å². The minimum atomic E-state index is -0.758. The third-order valence-electron chi connectivity index (χ3n) is 8.18. The fourth-order valence-electron chi connectivity index (χ4n) is 6.76. The number of likely N-dealkylation sites (tertiary alicyclic amines) is 1. The lowest BCUT2D eigenvalue weighted by molar-refractivity contribution is -0.182. The van der Waals surface area contributed by atoms with E-state index in [1.807, 2.05) is 42.5 Å². The van der Waals surface area contributed by atoms with Gasteiger partial charge < -0.3 is 23.8 Å². The Balaban J connectivity index is 1.61. The molecule has 4 atom stereocenters. The molecule has 0 spiro atoms. The largest absolute Gasteiger partial charge is 0.493 e. The van der Waals surface area contributed by atoms with Gasteiger partial charge in [-0.15, -0.1) is 0 Å². The number of halogens is 1. The lowest BCUT2D eigenvalue weighted by atomic mass is 9.49. The van der Waals surface area contributed by atoms with Gasteiger partial charge >= 0.3 is 6.09 Å². The SMILES string of the molecule is COc1c(OCc2ccccc2)ccc2c1[C@@]13CCN(C(=O)OC(C)Cl)[C@@H](C2)[C@]1(OC)CCC(=O)C3. The van der Waals surface area contributed by atoms with Gasteiger partial charge in [0.2, 0.25) is 0 Å². The van der Waals surface area contributed by atoms with Crippen LogP contribution >= 0.6 is 11.6 Å². The van der Waals surface area contributed by atoms with Gasteiger partial charge in [-0.05, 0) is 43.4 Å². The lowest BCUT2D eigenvalue weighted by Crippen LogP contribution is -2.74. The summed E-state index contributed by atoms with van der Waals surface area (Å²) < 4.78 is 24.0. The van der Waals surface area contributed by atoms with E-state index in [0.29, 0.717) is 56.8 Å². The molecule has 36 heavy (non-hydrogen) atoms. The number of ether oxygens (including phenoxy) is 4. The van der Waals surface area contributed by atoms with Crippen LogP contribution in [-0.2, 0) is 32.7 Å². The highest BCUT2D eigenvalue weighted by atomic mass is 35.5. The summed E-state index contributed by atoms with van der Waals surface area (Å²) in [4.78, 5) is 27.8.